The van der Waals surface area contributed by atoms with E-state index in [1.807, 2.05) is 30.3 Å². The molecule has 1 saturated heterocycles. The Morgan fingerprint density at radius 2 is 1.44 bits per heavy atom. The van der Waals surface area contributed by atoms with Crippen LogP contribution in [0.1, 0.15) is 27.0 Å². The standard InChI is InChI=1S/C27H31N3O2/c1-32-21-24-11-7-8-14-26(24)27(31)28-19-22-9-5-6-10-23(22)20-29-15-17-30(18-16-29)25-12-3-2-4-13-25/h2-14H,15-21H2,1H3,(H,28,31). The third-order valence-electron chi connectivity index (χ3n) is 6.01. The second kappa shape index (κ2) is 10.9. The maximum absolute atomic E-state index is 12.8. The van der Waals surface area contributed by atoms with Crippen LogP contribution in [0.2, 0.25) is 0 Å². The Kier molecular flexibility index (Phi) is 7.54. The highest BCUT2D eigenvalue weighted by atomic mass is 16.5. The van der Waals surface area contributed by atoms with E-state index in [-0.39, 0.29) is 5.91 Å². The van der Waals surface area contributed by atoms with E-state index in [0.29, 0.717) is 18.7 Å². The molecule has 1 amide bonds. The van der Waals surface area contributed by atoms with E-state index in [4.69, 9.17) is 4.74 Å². The molecule has 0 aromatic heterocycles. The van der Waals surface area contributed by atoms with Crippen LogP contribution in [-0.4, -0.2) is 44.1 Å². The van der Waals surface area contributed by atoms with Crippen molar-refractivity contribution < 1.29 is 9.53 Å². The van der Waals surface area contributed by atoms with Crippen molar-refractivity contribution in [2.24, 2.45) is 0 Å². The summed E-state index contributed by atoms with van der Waals surface area (Å²) in [5.41, 5.74) is 5.30. The average Bonchev–Trinajstić information content (AvgIpc) is 2.85. The molecule has 1 fully saturated rings. The number of nitrogens with zero attached hydrogens (tertiary/aromatic N) is 2. The summed E-state index contributed by atoms with van der Waals surface area (Å²) in [7, 11) is 1.64. The van der Waals surface area contributed by atoms with Crippen LogP contribution in [0.25, 0.3) is 0 Å². The van der Waals surface area contributed by atoms with Crippen molar-refractivity contribution in [3.63, 3.8) is 0 Å². The van der Waals surface area contributed by atoms with Gasteiger partial charge < -0.3 is 15.0 Å². The van der Waals surface area contributed by atoms with Crippen molar-refractivity contribution in [1.82, 2.24) is 10.2 Å². The first-order chi connectivity index (χ1) is 15.7. The van der Waals surface area contributed by atoms with Gasteiger partial charge in [0, 0.05) is 57.6 Å². The summed E-state index contributed by atoms with van der Waals surface area (Å²) in [4.78, 5) is 17.7. The van der Waals surface area contributed by atoms with Gasteiger partial charge in [-0.2, -0.15) is 0 Å². The molecule has 0 bridgehead atoms. The fourth-order valence-electron chi connectivity index (χ4n) is 4.22. The first-order valence-corrected chi connectivity index (χ1v) is 11.2. The van der Waals surface area contributed by atoms with Gasteiger partial charge in [-0.05, 0) is 34.9 Å². The minimum Gasteiger partial charge on any atom is -0.380 e. The zero-order valence-electron chi connectivity index (χ0n) is 18.7. The number of methoxy groups -OCH3 is 1. The van der Waals surface area contributed by atoms with E-state index in [0.717, 1.165) is 43.9 Å². The number of benzene rings is 3. The summed E-state index contributed by atoms with van der Waals surface area (Å²) in [6, 6.07) is 26.6. The Hall–Kier alpha value is -3.15. The highest BCUT2D eigenvalue weighted by Crippen LogP contribution is 2.18. The first kappa shape index (κ1) is 22.1. The minimum atomic E-state index is -0.0658. The quantitative estimate of drug-likeness (QED) is 0.586. The van der Waals surface area contributed by atoms with Gasteiger partial charge in [0.2, 0.25) is 0 Å². The molecule has 1 aliphatic heterocycles. The van der Waals surface area contributed by atoms with Gasteiger partial charge in [0.05, 0.1) is 6.61 Å². The topological polar surface area (TPSA) is 44.8 Å². The van der Waals surface area contributed by atoms with Crippen LogP contribution in [0.5, 0.6) is 0 Å². The molecule has 5 nitrogen and oxygen atoms in total. The second-order valence-corrected chi connectivity index (χ2v) is 8.14. The monoisotopic (exact) mass is 429 g/mol. The molecule has 0 saturated carbocycles. The van der Waals surface area contributed by atoms with E-state index >= 15 is 0 Å². The number of hydrogen-bond donors (Lipinski definition) is 1. The van der Waals surface area contributed by atoms with E-state index in [1.54, 1.807) is 7.11 Å². The maximum atomic E-state index is 12.8. The molecule has 32 heavy (non-hydrogen) atoms. The highest BCUT2D eigenvalue weighted by Gasteiger charge is 2.18. The van der Waals surface area contributed by atoms with Crippen LogP contribution in [-0.2, 0) is 24.4 Å². The van der Waals surface area contributed by atoms with Gasteiger partial charge in [0.25, 0.3) is 5.91 Å². The molecule has 0 spiro atoms. The smallest absolute Gasteiger partial charge is 0.251 e. The Morgan fingerprint density at radius 3 is 2.16 bits per heavy atom. The number of nitrogens with one attached hydrogen (secondary N) is 1. The van der Waals surface area contributed by atoms with Crippen molar-refractivity contribution in [2.75, 3.05) is 38.2 Å². The Labute approximate surface area is 190 Å². The molecular formula is C27H31N3O2. The summed E-state index contributed by atoms with van der Waals surface area (Å²) in [5, 5.41) is 3.10. The molecule has 4 rings (SSSR count). The number of piperazine rings is 1. The zero-order chi connectivity index (χ0) is 22.2. The molecule has 5 heteroatoms. The van der Waals surface area contributed by atoms with Crippen molar-refractivity contribution in [1.29, 1.82) is 0 Å². The number of ether oxygens (including phenoxy) is 1. The van der Waals surface area contributed by atoms with Crippen LogP contribution in [0, 0.1) is 0 Å². The first-order valence-electron chi connectivity index (χ1n) is 11.2. The highest BCUT2D eigenvalue weighted by molar-refractivity contribution is 5.95. The maximum Gasteiger partial charge on any atom is 0.251 e. The van der Waals surface area contributed by atoms with Crippen LogP contribution in [0.4, 0.5) is 5.69 Å². The number of anilines is 1. The van der Waals surface area contributed by atoms with Crippen molar-refractivity contribution >= 4 is 11.6 Å². The normalized spacial score (nSPS) is 14.3. The zero-order valence-corrected chi connectivity index (χ0v) is 18.7. The summed E-state index contributed by atoms with van der Waals surface area (Å²) < 4.78 is 5.23. The largest absolute Gasteiger partial charge is 0.380 e. The fourth-order valence-corrected chi connectivity index (χ4v) is 4.22. The number of para-hydroxylation sites is 1. The summed E-state index contributed by atoms with van der Waals surface area (Å²) in [6.45, 7) is 5.95. The summed E-state index contributed by atoms with van der Waals surface area (Å²) >= 11 is 0. The van der Waals surface area contributed by atoms with Gasteiger partial charge in [-0.3, -0.25) is 9.69 Å². The lowest BCUT2D eigenvalue weighted by Gasteiger charge is -2.36. The van der Waals surface area contributed by atoms with Gasteiger partial charge in [-0.1, -0.05) is 60.7 Å². The number of carbonyl (C=O) groups is 1. The predicted octanol–water partition coefficient (Wildman–Crippen LogP) is 4.09. The van der Waals surface area contributed by atoms with E-state index in [9.17, 15) is 4.79 Å². The molecule has 1 heterocycles. The molecule has 1 N–H and O–H groups in total. The lowest BCUT2D eigenvalue weighted by atomic mass is 10.1. The van der Waals surface area contributed by atoms with Gasteiger partial charge in [-0.25, -0.2) is 0 Å². The van der Waals surface area contributed by atoms with Crippen LogP contribution >= 0.6 is 0 Å². The van der Waals surface area contributed by atoms with Crippen molar-refractivity contribution in [3.05, 3.63) is 101 Å². The van der Waals surface area contributed by atoms with Gasteiger partial charge >= 0.3 is 0 Å². The Morgan fingerprint density at radius 1 is 0.812 bits per heavy atom. The molecular weight excluding hydrogens is 398 g/mol. The van der Waals surface area contributed by atoms with E-state index in [2.05, 4.69) is 63.6 Å². The summed E-state index contributed by atoms with van der Waals surface area (Å²) in [5.74, 6) is -0.0658. The molecule has 0 unspecified atom stereocenters. The van der Waals surface area contributed by atoms with Crippen LogP contribution in [0.3, 0.4) is 0 Å². The molecule has 0 radical (unpaired) electrons. The number of carbonyl (C=O) groups excluding carboxylic acids is 1. The van der Waals surface area contributed by atoms with Gasteiger partial charge in [0.1, 0.15) is 0 Å². The summed E-state index contributed by atoms with van der Waals surface area (Å²) in [6.07, 6.45) is 0. The molecule has 0 atom stereocenters. The second-order valence-electron chi connectivity index (χ2n) is 8.14. The fraction of sp³-hybridized carbons (Fsp3) is 0.296. The Bertz CT molecular complexity index is 1010. The molecule has 1 aliphatic rings. The van der Waals surface area contributed by atoms with Crippen LogP contribution < -0.4 is 10.2 Å². The number of amides is 1. The SMILES string of the molecule is COCc1ccccc1C(=O)NCc1ccccc1CN1CCN(c2ccccc2)CC1. The van der Waals surface area contributed by atoms with Gasteiger partial charge in [0.15, 0.2) is 0 Å². The minimum absolute atomic E-state index is 0.0658. The molecule has 3 aromatic rings. The lowest BCUT2D eigenvalue weighted by Crippen LogP contribution is -2.46. The van der Waals surface area contributed by atoms with Crippen molar-refractivity contribution in [2.45, 2.75) is 19.7 Å². The molecule has 166 valence electrons. The van der Waals surface area contributed by atoms with E-state index < -0.39 is 0 Å². The molecule has 0 aliphatic carbocycles. The molecule has 3 aromatic carbocycles. The van der Waals surface area contributed by atoms with Crippen LogP contribution in [0.15, 0.2) is 78.9 Å². The Balaban J connectivity index is 1.35. The lowest BCUT2D eigenvalue weighted by molar-refractivity contribution is 0.0946. The van der Waals surface area contributed by atoms with Gasteiger partial charge in [-0.15, -0.1) is 0 Å². The van der Waals surface area contributed by atoms with E-state index in [1.165, 1.54) is 11.3 Å². The predicted molar refractivity (Wildman–Crippen MR) is 129 cm³/mol. The van der Waals surface area contributed by atoms with Crippen molar-refractivity contribution in [3.8, 4) is 0 Å². The average molecular weight is 430 g/mol. The number of rotatable bonds is 8. The third kappa shape index (κ3) is 5.55. The third-order valence-corrected chi connectivity index (χ3v) is 6.01. The number of hydrogen-bond acceptors (Lipinski definition) is 4.